The zero-order chi connectivity index (χ0) is 13.3. The summed E-state index contributed by atoms with van der Waals surface area (Å²) in [7, 11) is 0. The molecule has 0 amide bonds. The van der Waals surface area contributed by atoms with Gasteiger partial charge in [-0.25, -0.2) is 9.97 Å². The quantitative estimate of drug-likeness (QED) is 0.650. The molecule has 6 heteroatoms. The van der Waals surface area contributed by atoms with Gasteiger partial charge in [-0.3, -0.25) is 4.79 Å². The van der Waals surface area contributed by atoms with Crippen LogP contribution in [0.1, 0.15) is 29.5 Å². The Bertz CT molecular complexity index is 467. The van der Waals surface area contributed by atoms with Gasteiger partial charge in [0.2, 0.25) is 0 Å². The van der Waals surface area contributed by atoms with Crippen LogP contribution in [0.25, 0.3) is 0 Å². The molecule has 0 spiro atoms. The summed E-state index contributed by atoms with van der Waals surface area (Å²) in [6, 6.07) is 0. The Morgan fingerprint density at radius 1 is 1.50 bits per heavy atom. The number of piperidine rings is 1. The fraction of sp³-hybridized carbons (Fsp3) is 0.583. The van der Waals surface area contributed by atoms with Crippen LogP contribution in [0.4, 0.5) is 5.82 Å². The molecule has 1 aliphatic rings. The minimum Gasteiger partial charge on any atom is -0.393 e. The van der Waals surface area contributed by atoms with Crippen LogP contribution < -0.4 is 4.90 Å². The highest BCUT2D eigenvalue weighted by molar-refractivity contribution is 6.32. The molecule has 1 aromatic heterocycles. The zero-order valence-corrected chi connectivity index (χ0v) is 11.2. The van der Waals surface area contributed by atoms with Gasteiger partial charge in [0.05, 0.1) is 11.7 Å². The van der Waals surface area contributed by atoms with Crippen molar-refractivity contribution >= 4 is 23.7 Å². The largest absolute Gasteiger partial charge is 0.393 e. The number of carbonyl (C=O) groups is 1. The number of aryl methyl sites for hydroxylation is 1. The maximum atomic E-state index is 11.1. The molecule has 1 N–H and O–H groups in total. The number of halogens is 1. The van der Waals surface area contributed by atoms with Crippen LogP contribution in [0.15, 0.2) is 0 Å². The highest BCUT2D eigenvalue weighted by Crippen LogP contribution is 2.27. The van der Waals surface area contributed by atoms with E-state index in [2.05, 4.69) is 9.97 Å². The lowest BCUT2D eigenvalue weighted by atomic mass is 9.96. The van der Waals surface area contributed by atoms with E-state index in [1.165, 1.54) is 0 Å². The molecule has 18 heavy (non-hydrogen) atoms. The summed E-state index contributed by atoms with van der Waals surface area (Å²) >= 11 is 5.96. The number of nitrogens with zero attached hydrogens (tertiary/aromatic N) is 3. The number of anilines is 1. The van der Waals surface area contributed by atoms with E-state index in [-0.39, 0.29) is 17.2 Å². The smallest absolute Gasteiger partial charge is 0.156 e. The van der Waals surface area contributed by atoms with Crippen molar-refractivity contribution in [2.75, 3.05) is 18.0 Å². The average molecular weight is 270 g/mol. The van der Waals surface area contributed by atoms with Gasteiger partial charge in [-0.15, -0.1) is 0 Å². The van der Waals surface area contributed by atoms with Crippen LogP contribution in [-0.4, -0.2) is 40.6 Å². The fourth-order valence-corrected chi connectivity index (χ4v) is 2.45. The predicted molar refractivity (Wildman–Crippen MR) is 69.2 cm³/mol. The topological polar surface area (TPSA) is 66.3 Å². The van der Waals surface area contributed by atoms with Crippen LogP contribution >= 0.6 is 11.6 Å². The molecular formula is C12H16ClN3O2. The first kappa shape index (κ1) is 13.2. The standard InChI is InChI=1S/C12H16ClN3O2/c1-7-5-16(4-3-10(7)18)12-9(6-17)11(13)14-8(2)15-12/h6-7,10,18H,3-5H2,1-2H3. The molecule has 5 nitrogen and oxygen atoms in total. The van der Waals surface area contributed by atoms with Crippen molar-refractivity contribution < 1.29 is 9.90 Å². The number of aromatic nitrogens is 2. The summed E-state index contributed by atoms with van der Waals surface area (Å²) in [5.74, 6) is 1.26. The van der Waals surface area contributed by atoms with Gasteiger partial charge >= 0.3 is 0 Å². The summed E-state index contributed by atoms with van der Waals surface area (Å²) in [6.07, 6.45) is 1.06. The van der Waals surface area contributed by atoms with Crippen molar-refractivity contribution in [1.29, 1.82) is 0 Å². The Balaban J connectivity index is 2.35. The molecule has 2 unspecified atom stereocenters. The minimum absolute atomic E-state index is 0.146. The molecule has 1 aliphatic heterocycles. The lowest BCUT2D eigenvalue weighted by Gasteiger charge is -2.35. The highest BCUT2D eigenvalue weighted by atomic mass is 35.5. The summed E-state index contributed by atoms with van der Waals surface area (Å²) in [6.45, 7) is 5.05. The zero-order valence-electron chi connectivity index (χ0n) is 10.4. The third-order valence-electron chi connectivity index (χ3n) is 3.27. The molecular weight excluding hydrogens is 254 g/mol. The Kier molecular flexibility index (Phi) is 3.82. The van der Waals surface area contributed by atoms with E-state index in [1.54, 1.807) is 6.92 Å². The lowest BCUT2D eigenvalue weighted by molar-refractivity contribution is 0.0967. The van der Waals surface area contributed by atoms with Crippen molar-refractivity contribution in [3.05, 3.63) is 16.5 Å². The molecule has 2 atom stereocenters. The van der Waals surface area contributed by atoms with Crippen molar-refractivity contribution in [1.82, 2.24) is 9.97 Å². The fourth-order valence-electron chi connectivity index (χ4n) is 2.20. The van der Waals surface area contributed by atoms with Crippen LogP contribution in [0.5, 0.6) is 0 Å². The molecule has 0 bridgehead atoms. The van der Waals surface area contributed by atoms with Crippen LogP contribution in [0.2, 0.25) is 5.15 Å². The van der Waals surface area contributed by atoms with Crippen LogP contribution in [0, 0.1) is 12.8 Å². The SMILES string of the molecule is Cc1nc(Cl)c(C=O)c(N2CCC(O)C(C)C2)n1. The summed E-state index contributed by atoms with van der Waals surface area (Å²) in [5, 5.41) is 9.91. The van der Waals surface area contributed by atoms with Gasteiger partial charge in [0.25, 0.3) is 0 Å². The molecule has 0 saturated carbocycles. The molecule has 1 fully saturated rings. The molecule has 2 heterocycles. The number of aliphatic hydroxyl groups excluding tert-OH is 1. The highest BCUT2D eigenvalue weighted by Gasteiger charge is 2.27. The van der Waals surface area contributed by atoms with Crippen molar-refractivity contribution in [3.8, 4) is 0 Å². The number of hydrogen-bond acceptors (Lipinski definition) is 5. The van der Waals surface area contributed by atoms with E-state index in [1.807, 2.05) is 11.8 Å². The van der Waals surface area contributed by atoms with E-state index in [9.17, 15) is 9.90 Å². The Morgan fingerprint density at radius 2 is 2.22 bits per heavy atom. The third-order valence-corrected chi connectivity index (χ3v) is 3.56. The Hall–Kier alpha value is -1.20. The average Bonchev–Trinajstić information content (AvgIpc) is 2.32. The lowest BCUT2D eigenvalue weighted by Crippen LogP contribution is -2.42. The van der Waals surface area contributed by atoms with Gasteiger partial charge in [-0.05, 0) is 19.3 Å². The molecule has 0 aromatic carbocycles. The van der Waals surface area contributed by atoms with E-state index >= 15 is 0 Å². The van der Waals surface area contributed by atoms with E-state index in [0.29, 0.717) is 43.0 Å². The van der Waals surface area contributed by atoms with Gasteiger partial charge in [0, 0.05) is 13.1 Å². The normalized spacial score (nSPS) is 24.1. The molecule has 1 saturated heterocycles. The number of rotatable bonds is 2. The van der Waals surface area contributed by atoms with Gasteiger partial charge in [0.15, 0.2) is 6.29 Å². The molecule has 98 valence electrons. The van der Waals surface area contributed by atoms with Gasteiger partial charge < -0.3 is 10.0 Å². The Morgan fingerprint density at radius 3 is 2.83 bits per heavy atom. The minimum atomic E-state index is -0.292. The van der Waals surface area contributed by atoms with Gasteiger partial charge in [0.1, 0.15) is 16.8 Å². The Labute approximate surface area is 111 Å². The molecule has 0 aliphatic carbocycles. The first-order valence-corrected chi connectivity index (χ1v) is 6.33. The maximum Gasteiger partial charge on any atom is 0.156 e. The van der Waals surface area contributed by atoms with E-state index in [4.69, 9.17) is 11.6 Å². The second-order valence-electron chi connectivity index (χ2n) is 4.70. The first-order chi connectivity index (χ1) is 8.52. The number of aldehydes is 1. The summed E-state index contributed by atoms with van der Waals surface area (Å²) < 4.78 is 0. The maximum absolute atomic E-state index is 11.1. The summed E-state index contributed by atoms with van der Waals surface area (Å²) in [4.78, 5) is 21.4. The second-order valence-corrected chi connectivity index (χ2v) is 5.05. The number of carbonyl (C=O) groups excluding carboxylic acids is 1. The van der Waals surface area contributed by atoms with Gasteiger partial charge in [-0.1, -0.05) is 18.5 Å². The van der Waals surface area contributed by atoms with Crippen LogP contribution in [0.3, 0.4) is 0 Å². The van der Waals surface area contributed by atoms with E-state index in [0.717, 1.165) is 0 Å². The monoisotopic (exact) mass is 269 g/mol. The van der Waals surface area contributed by atoms with Gasteiger partial charge in [-0.2, -0.15) is 0 Å². The van der Waals surface area contributed by atoms with Crippen molar-refractivity contribution in [3.63, 3.8) is 0 Å². The van der Waals surface area contributed by atoms with Crippen molar-refractivity contribution in [2.24, 2.45) is 5.92 Å². The number of hydrogen-bond donors (Lipinski definition) is 1. The second kappa shape index (κ2) is 5.20. The molecule has 1 aromatic rings. The number of aliphatic hydroxyl groups is 1. The predicted octanol–water partition coefficient (Wildman–Crippen LogP) is 1.46. The third kappa shape index (κ3) is 2.47. The van der Waals surface area contributed by atoms with Crippen molar-refractivity contribution in [2.45, 2.75) is 26.4 Å². The summed E-state index contributed by atoms with van der Waals surface area (Å²) in [5.41, 5.74) is 0.325. The first-order valence-electron chi connectivity index (χ1n) is 5.95. The molecule has 2 rings (SSSR count). The van der Waals surface area contributed by atoms with Crippen LogP contribution in [-0.2, 0) is 0 Å². The molecule has 0 radical (unpaired) electrons. The van der Waals surface area contributed by atoms with E-state index < -0.39 is 0 Å².